The second-order valence-corrected chi connectivity index (χ2v) is 6.85. The number of nitrogens with zero attached hydrogens (tertiary/aromatic N) is 1. The molecule has 1 N–H and O–H groups in total. The summed E-state index contributed by atoms with van der Waals surface area (Å²) in [6.07, 6.45) is 3.03. The topological polar surface area (TPSA) is 15.3 Å². The molecule has 4 atom stereocenters. The molecule has 0 radical (unpaired) electrons. The molecular formula is C17H26Cl2N2. The third-order valence-corrected chi connectivity index (χ3v) is 5.19. The van der Waals surface area contributed by atoms with E-state index < -0.39 is 0 Å². The fraction of sp³-hybridized carbons (Fsp3) is 0.647. The Morgan fingerprint density at radius 1 is 0.857 bits per heavy atom. The molecule has 0 bridgehead atoms. The number of likely N-dealkylation sites (tertiary alicyclic amines) is 1. The highest BCUT2D eigenvalue weighted by atomic mass is 35.5. The van der Waals surface area contributed by atoms with E-state index >= 15 is 0 Å². The largest absolute Gasteiger partial charge is 0.316 e. The lowest BCUT2D eigenvalue weighted by atomic mass is 10.2. The Morgan fingerprint density at radius 3 is 1.90 bits per heavy atom. The van der Waals surface area contributed by atoms with Gasteiger partial charge in [0.2, 0.25) is 0 Å². The predicted octanol–water partition coefficient (Wildman–Crippen LogP) is 3.21. The summed E-state index contributed by atoms with van der Waals surface area (Å²) in [5.74, 6) is 4.32. The normalized spacial score (nSPS) is 34.5. The van der Waals surface area contributed by atoms with Crippen molar-refractivity contribution in [2.45, 2.75) is 19.4 Å². The van der Waals surface area contributed by atoms with Crippen molar-refractivity contribution in [3.8, 4) is 0 Å². The average molecular weight is 329 g/mol. The first kappa shape index (κ1) is 17.1. The molecule has 4 heteroatoms. The molecule has 2 aliphatic carbocycles. The summed E-state index contributed by atoms with van der Waals surface area (Å²) in [5, 5.41) is 3.32. The van der Waals surface area contributed by atoms with E-state index in [4.69, 9.17) is 0 Å². The summed E-state index contributed by atoms with van der Waals surface area (Å²) in [5.41, 5.74) is 1.46. The lowest BCUT2D eigenvalue weighted by Crippen LogP contribution is -2.21. The molecule has 0 aromatic heterocycles. The molecule has 4 unspecified atom stereocenters. The lowest BCUT2D eigenvalue weighted by Gasteiger charge is -2.16. The third-order valence-electron chi connectivity index (χ3n) is 5.19. The molecule has 0 spiro atoms. The van der Waals surface area contributed by atoms with Crippen LogP contribution in [0, 0.1) is 23.7 Å². The zero-order valence-corrected chi connectivity index (χ0v) is 14.0. The highest BCUT2D eigenvalue weighted by Gasteiger charge is 2.44. The van der Waals surface area contributed by atoms with Gasteiger partial charge in [-0.05, 0) is 55.2 Å². The Bertz CT molecular complexity index is 422. The zero-order chi connectivity index (χ0) is 12.7. The van der Waals surface area contributed by atoms with Crippen molar-refractivity contribution in [1.82, 2.24) is 10.2 Å². The summed E-state index contributed by atoms with van der Waals surface area (Å²) < 4.78 is 0. The Balaban J connectivity index is 0.000000172. The first-order valence-corrected chi connectivity index (χ1v) is 7.85. The van der Waals surface area contributed by atoms with Crippen LogP contribution in [-0.2, 0) is 6.54 Å². The van der Waals surface area contributed by atoms with Crippen LogP contribution < -0.4 is 5.32 Å². The number of benzene rings is 1. The summed E-state index contributed by atoms with van der Waals surface area (Å²) >= 11 is 0. The van der Waals surface area contributed by atoms with Crippen LogP contribution in [0.1, 0.15) is 18.4 Å². The van der Waals surface area contributed by atoms with Gasteiger partial charge in [0.05, 0.1) is 0 Å². The lowest BCUT2D eigenvalue weighted by molar-refractivity contribution is 0.297. The zero-order valence-electron chi connectivity index (χ0n) is 12.4. The van der Waals surface area contributed by atoms with Crippen LogP contribution >= 0.6 is 24.8 Å². The van der Waals surface area contributed by atoms with Gasteiger partial charge < -0.3 is 5.32 Å². The number of hydrogen-bond acceptors (Lipinski definition) is 2. The number of piperidine rings is 2. The van der Waals surface area contributed by atoms with Crippen LogP contribution in [0.3, 0.4) is 0 Å². The second-order valence-electron chi connectivity index (χ2n) is 6.85. The molecular weight excluding hydrogens is 303 g/mol. The quantitative estimate of drug-likeness (QED) is 0.896. The molecule has 2 aliphatic heterocycles. The molecule has 1 aromatic rings. The molecule has 2 saturated heterocycles. The standard InChI is InChI=1S/C12H15N.C5H9N.2ClH/c1-2-4-10(5-3-1)7-13-8-11-6-12(11)9-13;1-4-2-6-3-5(1)4;;/h1-5,11-12H,6-9H2;4-6H,1-3H2;2*1H. The molecule has 2 saturated carbocycles. The molecule has 118 valence electrons. The summed E-state index contributed by atoms with van der Waals surface area (Å²) in [7, 11) is 0. The van der Waals surface area contributed by atoms with E-state index in [1.54, 1.807) is 0 Å². The van der Waals surface area contributed by atoms with E-state index in [1.165, 1.54) is 44.6 Å². The molecule has 2 nitrogen and oxygen atoms in total. The molecule has 2 heterocycles. The smallest absolute Gasteiger partial charge is 0.0233 e. The van der Waals surface area contributed by atoms with E-state index in [2.05, 4.69) is 40.5 Å². The Hall–Kier alpha value is -0.280. The monoisotopic (exact) mass is 328 g/mol. The van der Waals surface area contributed by atoms with E-state index in [-0.39, 0.29) is 24.8 Å². The molecule has 0 amide bonds. The number of rotatable bonds is 2. The van der Waals surface area contributed by atoms with Crippen LogP contribution in [0.4, 0.5) is 0 Å². The van der Waals surface area contributed by atoms with Crippen LogP contribution in [-0.4, -0.2) is 31.1 Å². The van der Waals surface area contributed by atoms with Gasteiger partial charge in [0.1, 0.15) is 0 Å². The fourth-order valence-electron chi connectivity index (χ4n) is 3.73. The number of nitrogens with one attached hydrogen (secondary N) is 1. The van der Waals surface area contributed by atoms with Gasteiger partial charge in [-0.1, -0.05) is 30.3 Å². The van der Waals surface area contributed by atoms with Crippen LogP contribution in [0.25, 0.3) is 0 Å². The minimum Gasteiger partial charge on any atom is -0.316 e. The highest BCUT2D eigenvalue weighted by molar-refractivity contribution is 5.85. The van der Waals surface area contributed by atoms with Gasteiger partial charge in [-0.25, -0.2) is 0 Å². The fourth-order valence-corrected chi connectivity index (χ4v) is 3.73. The van der Waals surface area contributed by atoms with Crippen molar-refractivity contribution in [3.63, 3.8) is 0 Å². The van der Waals surface area contributed by atoms with E-state index in [9.17, 15) is 0 Å². The third kappa shape index (κ3) is 4.35. The maximum absolute atomic E-state index is 3.32. The number of hydrogen-bond donors (Lipinski definition) is 1. The first-order chi connectivity index (χ1) is 9.38. The maximum Gasteiger partial charge on any atom is 0.0233 e. The molecule has 4 aliphatic rings. The van der Waals surface area contributed by atoms with Crippen molar-refractivity contribution in [3.05, 3.63) is 35.9 Å². The summed E-state index contributed by atoms with van der Waals surface area (Å²) in [6.45, 7) is 6.47. The van der Waals surface area contributed by atoms with Crippen molar-refractivity contribution in [1.29, 1.82) is 0 Å². The van der Waals surface area contributed by atoms with Gasteiger partial charge in [0.15, 0.2) is 0 Å². The van der Waals surface area contributed by atoms with Crippen molar-refractivity contribution >= 4 is 24.8 Å². The van der Waals surface area contributed by atoms with E-state index in [0.29, 0.717) is 0 Å². The average Bonchev–Trinajstić information content (AvgIpc) is 3.28. The maximum atomic E-state index is 3.32. The number of halogens is 2. The molecule has 4 fully saturated rings. The first-order valence-electron chi connectivity index (χ1n) is 7.85. The summed E-state index contributed by atoms with van der Waals surface area (Å²) in [6, 6.07) is 10.8. The van der Waals surface area contributed by atoms with Crippen molar-refractivity contribution < 1.29 is 0 Å². The van der Waals surface area contributed by atoms with Crippen molar-refractivity contribution in [2.75, 3.05) is 26.2 Å². The Kier molecular flexibility index (Phi) is 5.96. The minimum atomic E-state index is 0. The molecule has 21 heavy (non-hydrogen) atoms. The number of fused-ring (bicyclic) bond motifs is 2. The van der Waals surface area contributed by atoms with Gasteiger partial charge in [-0.3, -0.25) is 4.90 Å². The SMILES string of the molecule is C1NCC2CC12.Cl.Cl.c1ccc(CN2CC3CC3C2)cc1. The second kappa shape index (κ2) is 7.32. The highest BCUT2D eigenvalue weighted by Crippen LogP contribution is 2.45. The summed E-state index contributed by atoms with van der Waals surface area (Å²) in [4.78, 5) is 2.59. The van der Waals surface area contributed by atoms with E-state index in [1.807, 2.05) is 0 Å². The predicted molar refractivity (Wildman–Crippen MR) is 92.3 cm³/mol. The minimum absolute atomic E-state index is 0. The van der Waals surface area contributed by atoms with Crippen molar-refractivity contribution in [2.24, 2.45) is 23.7 Å². The van der Waals surface area contributed by atoms with Crippen LogP contribution in [0.5, 0.6) is 0 Å². The van der Waals surface area contributed by atoms with Gasteiger partial charge in [-0.2, -0.15) is 0 Å². The van der Waals surface area contributed by atoms with Gasteiger partial charge in [0.25, 0.3) is 0 Å². The van der Waals surface area contributed by atoms with E-state index in [0.717, 1.165) is 30.2 Å². The molecule has 5 rings (SSSR count). The van der Waals surface area contributed by atoms with Gasteiger partial charge in [0, 0.05) is 19.6 Å². The van der Waals surface area contributed by atoms with Crippen LogP contribution in [0.15, 0.2) is 30.3 Å². The Morgan fingerprint density at radius 2 is 1.43 bits per heavy atom. The van der Waals surface area contributed by atoms with Crippen LogP contribution in [0.2, 0.25) is 0 Å². The van der Waals surface area contributed by atoms with Gasteiger partial charge in [-0.15, -0.1) is 24.8 Å². The van der Waals surface area contributed by atoms with Gasteiger partial charge >= 0.3 is 0 Å². The molecule has 1 aromatic carbocycles. The Labute approximate surface area is 140 Å².